The van der Waals surface area contributed by atoms with E-state index in [-0.39, 0.29) is 25.3 Å². The maximum atomic E-state index is 12.8. The van der Waals surface area contributed by atoms with Crippen LogP contribution in [-0.4, -0.2) is 61.1 Å². The van der Waals surface area contributed by atoms with Gasteiger partial charge in [-0.15, -0.1) is 0 Å². The van der Waals surface area contributed by atoms with Gasteiger partial charge in [0.25, 0.3) is 5.91 Å². The predicted molar refractivity (Wildman–Crippen MR) is 114 cm³/mol. The molecular formula is C23H28N2O6. The maximum Gasteiger partial charge on any atom is 0.407 e. The average Bonchev–Trinajstić information content (AvgIpc) is 2.99. The third-order valence-corrected chi connectivity index (χ3v) is 5.14. The Bertz CT molecular complexity index is 843. The van der Waals surface area contributed by atoms with Gasteiger partial charge in [-0.2, -0.15) is 0 Å². The third-order valence-electron chi connectivity index (χ3n) is 5.14. The van der Waals surface area contributed by atoms with Crippen molar-refractivity contribution in [1.29, 1.82) is 0 Å². The summed E-state index contributed by atoms with van der Waals surface area (Å²) in [7, 11) is 1.53. The van der Waals surface area contributed by atoms with Crippen LogP contribution in [0.3, 0.4) is 0 Å². The van der Waals surface area contributed by atoms with Crippen LogP contribution in [0.2, 0.25) is 0 Å². The monoisotopic (exact) mass is 428 g/mol. The van der Waals surface area contributed by atoms with E-state index in [1.165, 1.54) is 12.0 Å². The average molecular weight is 428 g/mol. The number of nitrogens with zero attached hydrogens (tertiary/aromatic N) is 1. The van der Waals surface area contributed by atoms with E-state index in [2.05, 4.69) is 5.32 Å². The number of carbonyl (C=O) groups is 2. The Hall–Kier alpha value is -3.10. The normalized spacial score (nSPS) is 18.8. The summed E-state index contributed by atoms with van der Waals surface area (Å²) >= 11 is 0. The molecule has 1 aliphatic rings. The number of benzene rings is 2. The molecule has 0 radical (unpaired) electrons. The van der Waals surface area contributed by atoms with Gasteiger partial charge in [-0.25, -0.2) is 4.79 Å². The molecule has 8 heteroatoms. The summed E-state index contributed by atoms with van der Waals surface area (Å²) in [4.78, 5) is 25.7. The minimum atomic E-state index is -0.998. The number of hydrogen-bond acceptors (Lipinski definition) is 5. The van der Waals surface area contributed by atoms with Crippen LogP contribution in [0.5, 0.6) is 5.75 Å². The highest BCUT2D eigenvalue weighted by molar-refractivity contribution is 5.94. The number of rotatable bonds is 8. The van der Waals surface area contributed by atoms with Crippen molar-refractivity contribution in [2.75, 3.05) is 27.0 Å². The Kier molecular flexibility index (Phi) is 8.26. The predicted octanol–water partition coefficient (Wildman–Crippen LogP) is 3.13. The van der Waals surface area contributed by atoms with Crippen molar-refractivity contribution in [2.45, 2.75) is 31.6 Å². The first-order valence-corrected chi connectivity index (χ1v) is 10.2. The second-order valence-corrected chi connectivity index (χ2v) is 7.36. The molecule has 3 rings (SSSR count). The molecule has 1 heterocycles. The molecule has 0 unspecified atom stereocenters. The SMILES string of the molecule is COCOc1ccc(C(=O)N[C@@H]2CN(C(=O)O)CCC[C@H]2OCc2ccccc2)cc1. The van der Waals surface area contributed by atoms with E-state index in [0.717, 1.165) is 5.56 Å². The van der Waals surface area contributed by atoms with Gasteiger partial charge in [0.2, 0.25) is 0 Å². The van der Waals surface area contributed by atoms with E-state index < -0.39 is 12.1 Å². The van der Waals surface area contributed by atoms with E-state index >= 15 is 0 Å². The molecule has 2 N–H and O–H groups in total. The Morgan fingerprint density at radius 2 is 1.87 bits per heavy atom. The molecule has 2 aromatic carbocycles. The molecule has 0 aliphatic carbocycles. The fourth-order valence-electron chi connectivity index (χ4n) is 3.50. The summed E-state index contributed by atoms with van der Waals surface area (Å²) in [6.07, 6.45) is 0.0371. The Labute approximate surface area is 181 Å². The molecule has 8 nitrogen and oxygen atoms in total. The molecule has 0 spiro atoms. The van der Waals surface area contributed by atoms with E-state index in [1.54, 1.807) is 24.3 Å². The first kappa shape index (κ1) is 22.6. The standard InChI is InChI=1S/C23H28N2O6/c1-29-16-31-19-11-9-18(10-12-19)22(26)24-20-14-25(23(27)28)13-5-8-21(20)30-15-17-6-3-2-4-7-17/h2-4,6-7,9-12,20-21H,5,8,13-16H2,1H3,(H,24,26)(H,27,28)/t20-,21-/m1/s1. The van der Waals surface area contributed by atoms with Gasteiger partial charge in [0.05, 0.1) is 18.8 Å². The summed E-state index contributed by atoms with van der Waals surface area (Å²) in [5.74, 6) is 0.304. The highest BCUT2D eigenvalue weighted by Crippen LogP contribution is 2.19. The minimum Gasteiger partial charge on any atom is -0.468 e. The first-order valence-electron chi connectivity index (χ1n) is 10.2. The number of carbonyl (C=O) groups excluding carboxylic acids is 1. The number of likely N-dealkylation sites (tertiary alicyclic amines) is 1. The van der Waals surface area contributed by atoms with Crippen LogP contribution >= 0.6 is 0 Å². The van der Waals surface area contributed by atoms with Gasteiger partial charge in [-0.1, -0.05) is 30.3 Å². The highest BCUT2D eigenvalue weighted by atomic mass is 16.7. The number of amides is 2. The first-order chi connectivity index (χ1) is 15.1. The molecule has 1 fully saturated rings. The van der Waals surface area contributed by atoms with E-state index in [4.69, 9.17) is 14.2 Å². The third kappa shape index (κ3) is 6.70. The molecule has 31 heavy (non-hydrogen) atoms. The molecule has 2 amide bonds. The molecule has 2 atom stereocenters. The molecule has 0 bridgehead atoms. The lowest BCUT2D eigenvalue weighted by atomic mass is 10.1. The van der Waals surface area contributed by atoms with Crippen molar-refractivity contribution >= 4 is 12.0 Å². The number of carboxylic acid groups (broad SMARTS) is 1. The van der Waals surface area contributed by atoms with Crippen molar-refractivity contribution in [2.24, 2.45) is 0 Å². The van der Waals surface area contributed by atoms with Crippen LogP contribution < -0.4 is 10.1 Å². The van der Waals surface area contributed by atoms with Gasteiger partial charge in [0.15, 0.2) is 6.79 Å². The lowest BCUT2D eigenvalue weighted by Crippen LogP contribution is -2.50. The molecule has 1 saturated heterocycles. The zero-order valence-corrected chi connectivity index (χ0v) is 17.5. The molecule has 2 aromatic rings. The van der Waals surface area contributed by atoms with Crippen molar-refractivity contribution in [3.05, 3.63) is 65.7 Å². The van der Waals surface area contributed by atoms with Crippen molar-refractivity contribution in [3.8, 4) is 5.75 Å². The number of methoxy groups -OCH3 is 1. The van der Waals surface area contributed by atoms with Gasteiger partial charge in [0.1, 0.15) is 5.75 Å². The zero-order valence-electron chi connectivity index (χ0n) is 17.5. The van der Waals surface area contributed by atoms with Crippen LogP contribution in [0.4, 0.5) is 4.79 Å². The van der Waals surface area contributed by atoms with Gasteiger partial charge >= 0.3 is 6.09 Å². The van der Waals surface area contributed by atoms with Gasteiger partial charge in [0, 0.05) is 25.8 Å². The summed E-state index contributed by atoms with van der Waals surface area (Å²) in [5, 5.41) is 12.5. The number of hydrogen-bond donors (Lipinski definition) is 2. The van der Waals surface area contributed by atoms with Gasteiger partial charge in [-0.3, -0.25) is 4.79 Å². The van der Waals surface area contributed by atoms with Crippen molar-refractivity contribution in [1.82, 2.24) is 10.2 Å². The molecule has 1 aliphatic heterocycles. The van der Waals surface area contributed by atoms with Crippen LogP contribution in [-0.2, 0) is 16.1 Å². The zero-order chi connectivity index (χ0) is 22.1. The smallest absolute Gasteiger partial charge is 0.407 e. The second kappa shape index (κ2) is 11.3. The van der Waals surface area contributed by atoms with Crippen LogP contribution in [0, 0.1) is 0 Å². The van der Waals surface area contributed by atoms with E-state index in [1.807, 2.05) is 30.3 Å². The topological polar surface area (TPSA) is 97.3 Å². The fraction of sp³-hybridized carbons (Fsp3) is 0.391. The quantitative estimate of drug-likeness (QED) is 0.627. The number of ether oxygens (including phenoxy) is 3. The maximum absolute atomic E-state index is 12.8. The Morgan fingerprint density at radius 1 is 1.13 bits per heavy atom. The fourth-order valence-corrected chi connectivity index (χ4v) is 3.50. The van der Waals surface area contributed by atoms with E-state index in [9.17, 15) is 14.7 Å². The minimum absolute atomic E-state index is 0.124. The molecule has 166 valence electrons. The van der Waals surface area contributed by atoms with Gasteiger partial charge in [-0.05, 0) is 42.7 Å². The Morgan fingerprint density at radius 3 is 2.55 bits per heavy atom. The largest absolute Gasteiger partial charge is 0.468 e. The van der Waals surface area contributed by atoms with Crippen molar-refractivity contribution in [3.63, 3.8) is 0 Å². The van der Waals surface area contributed by atoms with Crippen molar-refractivity contribution < 1.29 is 28.9 Å². The molecule has 0 saturated carbocycles. The lowest BCUT2D eigenvalue weighted by molar-refractivity contribution is 0.0106. The molecule has 0 aromatic heterocycles. The lowest BCUT2D eigenvalue weighted by Gasteiger charge is -2.28. The highest BCUT2D eigenvalue weighted by Gasteiger charge is 2.31. The van der Waals surface area contributed by atoms with E-state index in [0.29, 0.717) is 37.3 Å². The Balaban J connectivity index is 1.68. The van der Waals surface area contributed by atoms with Crippen LogP contribution in [0.15, 0.2) is 54.6 Å². The summed E-state index contributed by atoms with van der Waals surface area (Å²) in [6.45, 7) is 1.11. The van der Waals surface area contributed by atoms with Crippen LogP contribution in [0.25, 0.3) is 0 Å². The summed E-state index contributed by atoms with van der Waals surface area (Å²) in [5.41, 5.74) is 1.48. The number of nitrogens with one attached hydrogen (secondary N) is 1. The van der Waals surface area contributed by atoms with Crippen LogP contribution in [0.1, 0.15) is 28.8 Å². The van der Waals surface area contributed by atoms with Gasteiger partial charge < -0.3 is 29.5 Å². The summed E-state index contributed by atoms with van der Waals surface area (Å²) in [6, 6.07) is 16.0. The molecular weight excluding hydrogens is 400 g/mol. The second-order valence-electron chi connectivity index (χ2n) is 7.36. The summed E-state index contributed by atoms with van der Waals surface area (Å²) < 4.78 is 16.3.